The number of ether oxygens (including phenoxy) is 1. The number of cyclic esters (lactones) is 1. The lowest BCUT2D eigenvalue weighted by Crippen LogP contribution is -2.28. The first-order valence-corrected chi connectivity index (χ1v) is 5.60. The van der Waals surface area contributed by atoms with E-state index in [1.165, 1.54) is 11.8 Å². The second kappa shape index (κ2) is 4.99. The largest absolute Gasteiger partial charge is 0.444 e. The van der Waals surface area contributed by atoms with Crippen LogP contribution in [0.4, 0.5) is 4.79 Å². The molecular formula is C11H15N3O3. The Hall–Kier alpha value is -1.85. The highest BCUT2D eigenvalue weighted by Gasteiger charge is 2.33. The number of carbonyl (C=O) groups excluding carboxylic acids is 2. The molecule has 17 heavy (non-hydrogen) atoms. The van der Waals surface area contributed by atoms with E-state index in [-0.39, 0.29) is 11.9 Å². The fourth-order valence-corrected chi connectivity index (χ4v) is 1.75. The number of hydrogen-bond acceptors (Lipinski definition) is 5. The van der Waals surface area contributed by atoms with Gasteiger partial charge in [-0.1, -0.05) is 0 Å². The van der Waals surface area contributed by atoms with E-state index in [9.17, 15) is 9.59 Å². The standard InChI is InChI=1S/C11H15N3O3/c1-8(15)2-3-9-7-14(11(16)17-9)10-6-12-4-5-13-10/h5-6,9,12H,2-4,7H2,1H3. The van der Waals surface area contributed by atoms with E-state index < -0.39 is 6.09 Å². The van der Waals surface area contributed by atoms with Crippen LogP contribution < -0.4 is 5.32 Å². The van der Waals surface area contributed by atoms with Crippen molar-refractivity contribution in [2.75, 3.05) is 13.1 Å². The highest BCUT2D eigenvalue weighted by atomic mass is 16.6. The molecule has 2 heterocycles. The van der Waals surface area contributed by atoms with Crippen molar-refractivity contribution in [2.24, 2.45) is 4.99 Å². The average Bonchev–Trinajstić information content (AvgIpc) is 2.69. The summed E-state index contributed by atoms with van der Waals surface area (Å²) < 4.78 is 5.17. The predicted octanol–water partition coefficient (Wildman–Crippen LogP) is 0.649. The van der Waals surface area contributed by atoms with Gasteiger partial charge in [0.25, 0.3) is 0 Å². The summed E-state index contributed by atoms with van der Waals surface area (Å²) >= 11 is 0. The molecule has 92 valence electrons. The van der Waals surface area contributed by atoms with E-state index >= 15 is 0 Å². The Kier molecular flexibility index (Phi) is 3.41. The highest BCUT2D eigenvalue weighted by molar-refractivity contribution is 5.76. The van der Waals surface area contributed by atoms with Crippen LogP contribution in [-0.2, 0) is 9.53 Å². The molecule has 0 saturated carbocycles. The summed E-state index contributed by atoms with van der Waals surface area (Å²) in [5.74, 6) is 0.669. The maximum atomic E-state index is 11.6. The number of nitrogens with one attached hydrogen (secondary N) is 1. The van der Waals surface area contributed by atoms with Gasteiger partial charge in [0.1, 0.15) is 11.9 Å². The van der Waals surface area contributed by atoms with E-state index in [1.54, 1.807) is 12.4 Å². The van der Waals surface area contributed by atoms with Crippen molar-refractivity contribution < 1.29 is 14.3 Å². The molecule has 0 bridgehead atoms. The third-order valence-corrected chi connectivity index (χ3v) is 2.63. The van der Waals surface area contributed by atoms with E-state index in [1.807, 2.05) is 0 Å². The molecule has 0 aromatic carbocycles. The van der Waals surface area contributed by atoms with Gasteiger partial charge in [-0.15, -0.1) is 0 Å². The quantitative estimate of drug-likeness (QED) is 0.779. The second-order valence-electron chi connectivity index (χ2n) is 4.08. The molecule has 6 heteroatoms. The van der Waals surface area contributed by atoms with Gasteiger partial charge < -0.3 is 14.8 Å². The monoisotopic (exact) mass is 237 g/mol. The fraction of sp³-hybridized carbons (Fsp3) is 0.545. The Bertz CT molecular complexity index is 389. The van der Waals surface area contributed by atoms with Crippen LogP contribution in [-0.4, -0.2) is 42.2 Å². The van der Waals surface area contributed by atoms with Crippen LogP contribution in [0.2, 0.25) is 0 Å². The van der Waals surface area contributed by atoms with Crippen LogP contribution in [0.25, 0.3) is 0 Å². The molecule has 1 N–H and O–H groups in total. The number of rotatable bonds is 4. The summed E-state index contributed by atoms with van der Waals surface area (Å²) in [7, 11) is 0. The van der Waals surface area contributed by atoms with E-state index in [0.717, 1.165) is 0 Å². The van der Waals surface area contributed by atoms with E-state index in [0.29, 0.717) is 31.8 Å². The number of carbonyl (C=O) groups is 2. The molecule has 2 aliphatic rings. The number of ketones is 1. The Labute approximate surface area is 99.3 Å². The molecule has 1 atom stereocenters. The summed E-state index contributed by atoms with van der Waals surface area (Å²) in [6.45, 7) is 2.66. The van der Waals surface area contributed by atoms with Crippen LogP contribution in [0.5, 0.6) is 0 Å². The normalized spacial score (nSPS) is 23.1. The van der Waals surface area contributed by atoms with Gasteiger partial charge in [0.05, 0.1) is 6.54 Å². The molecule has 0 radical (unpaired) electrons. The molecule has 2 rings (SSSR count). The molecule has 2 aliphatic heterocycles. The smallest absolute Gasteiger partial charge is 0.415 e. The lowest BCUT2D eigenvalue weighted by molar-refractivity contribution is -0.117. The lowest BCUT2D eigenvalue weighted by atomic mass is 10.1. The van der Waals surface area contributed by atoms with Crippen molar-refractivity contribution >= 4 is 18.1 Å². The Morgan fingerprint density at radius 2 is 2.53 bits per heavy atom. The number of hydrogen-bond donors (Lipinski definition) is 1. The van der Waals surface area contributed by atoms with Gasteiger partial charge in [0.2, 0.25) is 0 Å². The van der Waals surface area contributed by atoms with Gasteiger partial charge in [-0.2, -0.15) is 0 Å². The first-order valence-electron chi connectivity index (χ1n) is 5.60. The first-order chi connectivity index (χ1) is 8.16. The van der Waals surface area contributed by atoms with Crippen molar-refractivity contribution in [1.29, 1.82) is 0 Å². The molecule has 1 fully saturated rings. The summed E-state index contributed by atoms with van der Waals surface area (Å²) in [6, 6.07) is 0. The summed E-state index contributed by atoms with van der Waals surface area (Å²) in [5.41, 5.74) is 0. The minimum Gasteiger partial charge on any atom is -0.444 e. The molecule has 1 unspecified atom stereocenters. The van der Waals surface area contributed by atoms with Crippen LogP contribution in [0.15, 0.2) is 17.0 Å². The second-order valence-corrected chi connectivity index (χ2v) is 4.08. The summed E-state index contributed by atoms with van der Waals surface area (Å²) in [6.07, 6.45) is 3.78. The highest BCUT2D eigenvalue weighted by Crippen LogP contribution is 2.20. The summed E-state index contributed by atoms with van der Waals surface area (Å²) in [4.78, 5) is 28.1. The van der Waals surface area contributed by atoms with Crippen molar-refractivity contribution in [3.05, 3.63) is 12.0 Å². The van der Waals surface area contributed by atoms with Gasteiger partial charge in [0, 0.05) is 25.4 Å². The number of aliphatic imine (C=N–C) groups is 1. The lowest BCUT2D eigenvalue weighted by Gasteiger charge is -2.15. The van der Waals surface area contributed by atoms with Gasteiger partial charge >= 0.3 is 6.09 Å². The molecule has 0 aromatic rings. The molecule has 0 aliphatic carbocycles. The van der Waals surface area contributed by atoms with Gasteiger partial charge in [-0.3, -0.25) is 4.90 Å². The van der Waals surface area contributed by atoms with Crippen molar-refractivity contribution in [3.63, 3.8) is 0 Å². The van der Waals surface area contributed by atoms with E-state index in [2.05, 4.69) is 10.3 Å². The number of Topliss-reactive ketones (excluding diaryl/α,β-unsaturated/α-hetero) is 1. The molecule has 1 saturated heterocycles. The Morgan fingerprint density at radius 3 is 3.18 bits per heavy atom. The molecule has 1 amide bonds. The molecular weight excluding hydrogens is 222 g/mol. The van der Waals surface area contributed by atoms with Gasteiger partial charge in [-0.25, -0.2) is 9.79 Å². The maximum absolute atomic E-state index is 11.6. The first kappa shape index (κ1) is 11.6. The zero-order valence-corrected chi connectivity index (χ0v) is 9.68. The average molecular weight is 237 g/mol. The van der Waals surface area contributed by atoms with Gasteiger partial charge in [-0.05, 0) is 13.3 Å². The Balaban J connectivity index is 1.93. The van der Waals surface area contributed by atoms with Crippen LogP contribution in [0.3, 0.4) is 0 Å². The fourth-order valence-electron chi connectivity index (χ4n) is 1.75. The number of amides is 1. The zero-order valence-electron chi connectivity index (χ0n) is 9.68. The number of nitrogens with zero attached hydrogens (tertiary/aromatic N) is 2. The minimum atomic E-state index is -0.398. The zero-order chi connectivity index (χ0) is 12.3. The maximum Gasteiger partial charge on any atom is 0.415 e. The van der Waals surface area contributed by atoms with Crippen LogP contribution in [0.1, 0.15) is 19.8 Å². The van der Waals surface area contributed by atoms with Crippen molar-refractivity contribution in [3.8, 4) is 0 Å². The van der Waals surface area contributed by atoms with E-state index in [4.69, 9.17) is 4.74 Å². The minimum absolute atomic E-state index is 0.107. The van der Waals surface area contributed by atoms with Crippen LogP contribution >= 0.6 is 0 Å². The molecule has 0 aromatic heterocycles. The SMILES string of the molecule is CC(=O)CCC1CN(C2=CNCC=N2)C(=O)O1. The van der Waals surface area contributed by atoms with Crippen LogP contribution in [0, 0.1) is 0 Å². The molecule has 6 nitrogen and oxygen atoms in total. The topological polar surface area (TPSA) is 71.0 Å². The van der Waals surface area contributed by atoms with Crippen molar-refractivity contribution in [1.82, 2.24) is 10.2 Å². The third kappa shape index (κ3) is 2.83. The Morgan fingerprint density at radius 1 is 1.71 bits per heavy atom. The predicted molar refractivity (Wildman–Crippen MR) is 61.5 cm³/mol. The van der Waals surface area contributed by atoms with Gasteiger partial charge in [0.15, 0.2) is 5.82 Å². The third-order valence-electron chi connectivity index (χ3n) is 2.63. The van der Waals surface area contributed by atoms with Crippen molar-refractivity contribution in [2.45, 2.75) is 25.9 Å². The summed E-state index contributed by atoms with van der Waals surface area (Å²) in [5, 5.41) is 2.98. The molecule has 0 spiro atoms.